The van der Waals surface area contributed by atoms with Gasteiger partial charge in [-0.1, -0.05) is 40.7 Å². The lowest BCUT2D eigenvalue weighted by molar-refractivity contribution is -0.145. The number of thiol groups is 1. The first-order valence-corrected chi connectivity index (χ1v) is 16.9. The first kappa shape index (κ1) is 29.4. The molecule has 0 radical (unpaired) electrons. The number of carbonyl (C=O) groups excluding carboxylic acids is 3. The number of thioether (sulfide) groups is 2. The molecule has 40 heavy (non-hydrogen) atoms. The Morgan fingerprint density at radius 3 is 2.77 bits per heavy atom. The summed E-state index contributed by atoms with van der Waals surface area (Å²) in [6.45, 7) is 0.458. The van der Waals surface area contributed by atoms with Gasteiger partial charge in [0.2, 0.25) is 10.5 Å². The number of nitrogens with two attached hydrogens (primary N) is 2. The van der Waals surface area contributed by atoms with Crippen LogP contribution < -0.4 is 22.2 Å². The van der Waals surface area contributed by atoms with Gasteiger partial charge in [0.15, 0.2) is 10.8 Å². The van der Waals surface area contributed by atoms with E-state index in [1.165, 1.54) is 51.1 Å². The van der Waals surface area contributed by atoms with Crippen molar-refractivity contribution in [2.24, 2.45) is 10.9 Å². The maximum absolute atomic E-state index is 13.4. The molecule has 3 aromatic rings. The summed E-state index contributed by atoms with van der Waals surface area (Å²) in [4.78, 5) is 58.3. The summed E-state index contributed by atoms with van der Waals surface area (Å²) in [5.74, 6) is -0.0879. The Morgan fingerprint density at radius 1 is 1.35 bits per heavy atom. The molecule has 0 spiro atoms. The van der Waals surface area contributed by atoms with Gasteiger partial charge in [0.05, 0.1) is 4.70 Å². The number of halogens is 1. The van der Waals surface area contributed by atoms with Gasteiger partial charge in [-0.15, -0.1) is 34.4 Å². The molecule has 6 N–H and O–H groups in total. The number of anilines is 1. The number of β-lactam (4-membered cyclic amide) rings is 1. The first-order chi connectivity index (χ1) is 19.2. The molecular weight excluding hydrogens is 656 g/mol. The zero-order valence-corrected chi connectivity index (χ0v) is 25.8. The molecule has 11 nitrogen and oxygen atoms in total. The van der Waals surface area contributed by atoms with Gasteiger partial charge in [-0.25, -0.2) is 4.98 Å². The van der Waals surface area contributed by atoms with Crippen LogP contribution in [-0.4, -0.2) is 67.2 Å². The van der Waals surface area contributed by atoms with Crippen molar-refractivity contribution in [2.75, 3.05) is 23.8 Å². The van der Waals surface area contributed by atoms with Crippen LogP contribution >= 0.6 is 81.8 Å². The third kappa shape index (κ3) is 5.17. The molecule has 2 atom stereocenters. The van der Waals surface area contributed by atoms with E-state index >= 15 is 0 Å². The Kier molecular flexibility index (Phi) is 8.82. The van der Waals surface area contributed by atoms with Crippen molar-refractivity contribution >= 4 is 125 Å². The fourth-order valence-corrected chi connectivity index (χ4v) is 9.98. The lowest BCUT2D eigenvalue weighted by atomic mass is 10.0. The summed E-state index contributed by atoms with van der Waals surface area (Å²) >= 11 is 16.6. The maximum Gasteiger partial charge on any atom is 0.276 e. The average Bonchev–Trinajstić information content (AvgIpc) is 3.53. The largest absolute Gasteiger partial charge is 0.410 e. The summed E-state index contributed by atoms with van der Waals surface area (Å²) in [5, 5.41) is 15.6. The Balaban J connectivity index is 1.48. The molecule has 1 saturated heterocycles. The predicted molar refractivity (Wildman–Crippen MR) is 167 cm³/mol. The third-order valence-corrected chi connectivity index (χ3v) is 11.9. The molecule has 0 bridgehead atoms. The second kappa shape index (κ2) is 12.0. The Labute approximate surface area is 257 Å². The number of fused-ring (bicyclic) bond motifs is 2. The summed E-state index contributed by atoms with van der Waals surface area (Å²) in [6, 6.07) is 0.836. The van der Waals surface area contributed by atoms with E-state index in [9.17, 15) is 24.4 Å². The lowest BCUT2D eigenvalue weighted by Gasteiger charge is -2.49. The standard InChI is InChI=1S/C22H19ClN6O5S6/c23-17-10(27-22(25)40-17)11(28-34)18(31)26-12-19(32)29-13(21(33)35)7(6-38-20(12)29)15-8(5-36-4-2-24)14(30)16-9(39-15)1-3-37-16/h1,3,12,20,34H,2,4-6,24H2,(H2,25,27)(H,26,31)(H,33,35)/t12?,20-/m1/s1. The number of amides is 2. The number of thiophene rings is 1. The van der Waals surface area contributed by atoms with Crippen molar-refractivity contribution in [1.82, 2.24) is 15.2 Å². The van der Waals surface area contributed by atoms with E-state index in [0.29, 0.717) is 38.8 Å². The summed E-state index contributed by atoms with van der Waals surface area (Å²) in [6.07, 6.45) is 0. The summed E-state index contributed by atoms with van der Waals surface area (Å²) in [7, 11) is 0. The number of hydrogen-bond donors (Lipinski definition) is 5. The maximum atomic E-state index is 13.4. The van der Waals surface area contributed by atoms with Gasteiger partial charge in [-0.3, -0.25) is 24.1 Å². The van der Waals surface area contributed by atoms with E-state index in [0.717, 1.165) is 16.0 Å². The normalized spacial score (nSPS) is 19.1. The number of rotatable bonds is 9. The van der Waals surface area contributed by atoms with Gasteiger partial charge in [-0.05, 0) is 11.4 Å². The van der Waals surface area contributed by atoms with Crippen LogP contribution in [0.3, 0.4) is 0 Å². The minimum atomic E-state index is -1.02. The van der Waals surface area contributed by atoms with Crippen molar-refractivity contribution in [3.8, 4) is 0 Å². The van der Waals surface area contributed by atoms with Gasteiger partial charge < -0.3 is 22.0 Å². The highest BCUT2D eigenvalue weighted by atomic mass is 35.5. The van der Waals surface area contributed by atoms with E-state index in [-0.39, 0.29) is 32.0 Å². The fraction of sp³-hybridized carbons (Fsp3) is 0.273. The van der Waals surface area contributed by atoms with Crippen molar-refractivity contribution in [1.29, 1.82) is 0 Å². The van der Waals surface area contributed by atoms with Crippen LogP contribution in [0.25, 0.3) is 15.0 Å². The van der Waals surface area contributed by atoms with Crippen LogP contribution in [0.5, 0.6) is 0 Å². The van der Waals surface area contributed by atoms with Gasteiger partial charge in [0, 0.05) is 44.5 Å². The number of oxime groups is 1. The molecule has 210 valence electrons. The molecule has 2 aliphatic rings. The van der Waals surface area contributed by atoms with E-state index in [1.807, 2.05) is 11.4 Å². The van der Waals surface area contributed by atoms with Crippen molar-refractivity contribution in [3.63, 3.8) is 0 Å². The van der Waals surface area contributed by atoms with Gasteiger partial charge in [-0.2, -0.15) is 11.8 Å². The molecular formula is C22H19ClN6O5S6. The molecule has 18 heteroatoms. The molecule has 2 aliphatic heterocycles. The van der Waals surface area contributed by atoms with E-state index in [4.69, 9.17) is 23.1 Å². The highest BCUT2D eigenvalue weighted by Crippen LogP contribution is 2.46. The molecule has 3 aromatic heterocycles. The zero-order chi connectivity index (χ0) is 28.7. The highest BCUT2D eigenvalue weighted by Gasteiger charge is 2.54. The molecule has 0 aliphatic carbocycles. The second-order valence-corrected chi connectivity index (χ2v) is 14.5. The Morgan fingerprint density at radius 2 is 2.12 bits per heavy atom. The van der Waals surface area contributed by atoms with E-state index in [2.05, 4.69) is 28.1 Å². The van der Waals surface area contributed by atoms with Crippen molar-refractivity contribution in [2.45, 2.75) is 17.2 Å². The Hall–Kier alpha value is -2.12. The molecule has 0 saturated carbocycles. The van der Waals surface area contributed by atoms with E-state index < -0.39 is 34.1 Å². The molecule has 0 aromatic carbocycles. The van der Waals surface area contributed by atoms with E-state index in [1.54, 1.807) is 0 Å². The van der Waals surface area contributed by atoms with Gasteiger partial charge in [0.25, 0.3) is 11.8 Å². The summed E-state index contributed by atoms with van der Waals surface area (Å²) in [5.41, 5.74) is 11.7. The monoisotopic (exact) mass is 674 g/mol. The van der Waals surface area contributed by atoms with Crippen molar-refractivity contribution in [3.05, 3.63) is 47.8 Å². The second-order valence-electron chi connectivity index (χ2n) is 8.31. The van der Waals surface area contributed by atoms with Crippen LogP contribution in [-0.2, 0) is 20.1 Å². The SMILES string of the molecule is NCCSCc1c(C2=C(C(=O)S)N3C(=O)C(NC(=O)C(=NO)c4nc(N)sc4Cl)[C@H]3SC2)sc2ccsc2c1=O. The van der Waals surface area contributed by atoms with Crippen LogP contribution in [0.15, 0.2) is 27.1 Å². The van der Waals surface area contributed by atoms with Crippen LogP contribution in [0.2, 0.25) is 4.34 Å². The third-order valence-electron chi connectivity index (χ3n) is 5.98. The number of nitrogen functional groups attached to an aromatic ring is 1. The number of nitrogens with one attached hydrogen (secondary N) is 1. The number of hydrogen-bond acceptors (Lipinski definition) is 14. The van der Waals surface area contributed by atoms with Crippen LogP contribution in [0, 0.1) is 0 Å². The van der Waals surface area contributed by atoms with Crippen LogP contribution in [0.1, 0.15) is 16.1 Å². The number of carbonyl (C=O) groups is 3. The van der Waals surface area contributed by atoms with Gasteiger partial charge >= 0.3 is 0 Å². The highest BCUT2D eigenvalue weighted by molar-refractivity contribution is 8.00. The minimum Gasteiger partial charge on any atom is -0.410 e. The predicted octanol–water partition coefficient (Wildman–Crippen LogP) is 2.65. The molecule has 2 amide bonds. The zero-order valence-electron chi connectivity index (χ0n) is 20.1. The van der Waals surface area contributed by atoms with Crippen LogP contribution in [0.4, 0.5) is 5.13 Å². The number of aromatic nitrogens is 1. The first-order valence-electron chi connectivity index (χ1n) is 11.4. The number of thiazole rings is 1. The Bertz CT molecular complexity index is 1660. The fourth-order valence-electron chi connectivity index (χ4n) is 4.25. The molecule has 1 fully saturated rings. The quantitative estimate of drug-likeness (QED) is 0.0565. The molecule has 5 heterocycles. The average molecular weight is 675 g/mol. The smallest absolute Gasteiger partial charge is 0.276 e. The molecule has 5 rings (SSSR count). The lowest BCUT2D eigenvalue weighted by Crippen LogP contribution is -2.70. The van der Waals surface area contributed by atoms with Crippen molar-refractivity contribution < 1.29 is 19.6 Å². The topological polar surface area (TPSA) is 181 Å². The minimum absolute atomic E-state index is 0.0478. The number of nitrogens with zero attached hydrogens (tertiary/aromatic N) is 3. The van der Waals surface area contributed by atoms with Gasteiger partial charge in [0.1, 0.15) is 27.1 Å². The summed E-state index contributed by atoms with van der Waals surface area (Å²) < 4.78 is 1.48. The molecule has 1 unspecified atom stereocenters.